The smallest absolute Gasteiger partial charge is 0.253 e. The van der Waals surface area contributed by atoms with Crippen LogP contribution in [0.2, 0.25) is 5.02 Å². The molecule has 142 valence electrons. The molecule has 0 radical (unpaired) electrons. The molecule has 2 aliphatic rings. The highest BCUT2D eigenvalue weighted by Gasteiger charge is 2.25. The van der Waals surface area contributed by atoms with Crippen LogP contribution < -0.4 is 0 Å². The average molecular weight is 490 g/mol. The number of carbonyl (C=O) groups excluding carboxylic acids is 2. The normalized spacial score (nSPS) is 19.3. The number of hydrogen-bond donors (Lipinski definition) is 0. The maximum Gasteiger partial charge on any atom is 0.253 e. The van der Waals surface area contributed by atoms with Gasteiger partial charge in [0, 0.05) is 48.4 Å². The maximum absolute atomic E-state index is 12.7. The molecule has 3 rings (SSSR count). The molecule has 0 aromatic heterocycles. The summed E-state index contributed by atoms with van der Waals surface area (Å²) in [6.45, 7) is 5.07. The lowest BCUT2D eigenvalue weighted by Gasteiger charge is -2.35. The Kier molecular flexibility index (Phi) is 7.17. The van der Waals surface area contributed by atoms with Gasteiger partial charge in [-0.2, -0.15) is 0 Å². The zero-order valence-corrected chi connectivity index (χ0v) is 17.8. The molecule has 0 saturated carbocycles. The Bertz CT molecular complexity index is 654. The van der Waals surface area contributed by atoms with Crippen LogP contribution in [0.5, 0.6) is 0 Å². The van der Waals surface area contributed by atoms with Crippen LogP contribution in [0.1, 0.15) is 36.0 Å². The second kappa shape index (κ2) is 9.37. The van der Waals surface area contributed by atoms with E-state index in [4.69, 9.17) is 11.6 Å². The van der Waals surface area contributed by atoms with E-state index in [1.165, 1.54) is 12.8 Å². The van der Waals surface area contributed by atoms with Gasteiger partial charge < -0.3 is 9.80 Å². The summed E-state index contributed by atoms with van der Waals surface area (Å²) in [6, 6.07) is 5.38. The summed E-state index contributed by atoms with van der Waals surface area (Å²) in [5.74, 6) is 0.275. The minimum absolute atomic E-state index is 0.0399. The number of piperazine rings is 1. The molecule has 0 spiro atoms. The highest BCUT2D eigenvalue weighted by molar-refractivity contribution is 14.1. The van der Waals surface area contributed by atoms with Crippen molar-refractivity contribution in [2.45, 2.75) is 25.7 Å². The van der Waals surface area contributed by atoms with Crippen molar-refractivity contribution in [2.24, 2.45) is 0 Å². The Morgan fingerprint density at radius 3 is 2.19 bits per heavy atom. The molecule has 2 aliphatic heterocycles. The number of nitrogens with zero attached hydrogens (tertiary/aromatic N) is 3. The fourth-order valence-electron chi connectivity index (χ4n) is 3.53. The zero-order chi connectivity index (χ0) is 18.5. The van der Waals surface area contributed by atoms with Gasteiger partial charge in [0.25, 0.3) is 5.91 Å². The number of benzene rings is 1. The van der Waals surface area contributed by atoms with Gasteiger partial charge in [-0.3, -0.25) is 14.5 Å². The van der Waals surface area contributed by atoms with E-state index in [2.05, 4.69) is 27.5 Å². The van der Waals surface area contributed by atoms with Crippen molar-refractivity contribution in [3.05, 3.63) is 32.4 Å². The number of amides is 2. The van der Waals surface area contributed by atoms with Crippen LogP contribution in [0.4, 0.5) is 0 Å². The minimum atomic E-state index is 0.0399. The number of rotatable bonds is 3. The van der Waals surface area contributed by atoms with E-state index in [9.17, 15) is 9.59 Å². The van der Waals surface area contributed by atoms with Crippen LogP contribution in [0, 0.1) is 3.57 Å². The van der Waals surface area contributed by atoms with E-state index in [1.807, 2.05) is 15.9 Å². The predicted octanol–water partition coefficient (Wildman–Crippen LogP) is 3.11. The predicted molar refractivity (Wildman–Crippen MR) is 112 cm³/mol. The summed E-state index contributed by atoms with van der Waals surface area (Å²) >= 11 is 8.18. The third-order valence-corrected chi connectivity index (χ3v) is 6.68. The monoisotopic (exact) mass is 489 g/mol. The first-order chi connectivity index (χ1) is 12.5. The van der Waals surface area contributed by atoms with Crippen LogP contribution in [-0.2, 0) is 4.79 Å². The van der Waals surface area contributed by atoms with Gasteiger partial charge in [0.15, 0.2) is 0 Å². The molecule has 0 unspecified atom stereocenters. The topological polar surface area (TPSA) is 43.9 Å². The third-order valence-electron chi connectivity index (χ3n) is 5.14. The Morgan fingerprint density at radius 1 is 0.923 bits per heavy atom. The molecule has 7 heteroatoms. The average Bonchev–Trinajstić information content (AvgIpc) is 2.93. The molecule has 2 saturated heterocycles. The molecule has 2 fully saturated rings. The molecule has 1 aromatic carbocycles. The lowest BCUT2D eigenvalue weighted by Crippen LogP contribution is -2.51. The Labute approximate surface area is 173 Å². The zero-order valence-electron chi connectivity index (χ0n) is 14.9. The molecule has 0 N–H and O–H groups in total. The number of likely N-dealkylation sites (tertiary alicyclic amines) is 1. The van der Waals surface area contributed by atoms with Crippen molar-refractivity contribution >= 4 is 46.0 Å². The summed E-state index contributed by atoms with van der Waals surface area (Å²) in [7, 11) is 0. The second-order valence-electron chi connectivity index (χ2n) is 6.99. The highest BCUT2D eigenvalue weighted by atomic mass is 127. The van der Waals surface area contributed by atoms with E-state index >= 15 is 0 Å². The van der Waals surface area contributed by atoms with Crippen LogP contribution in [-0.4, -0.2) is 72.3 Å². The first-order valence-corrected chi connectivity index (χ1v) is 10.7. The SMILES string of the molecule is O=C(CN1CCN(C(=O)c2ccc(Cl)c(I)c2)CC1)N1CCCCCC1. The van der Waals surface area contributed by atoms with Gasteiger partial charge in [0.1, 0.15) is 0 Å². The van der Waals surface area contributed by atoms with Crippen LogP contribution in [0.15, 0.2) is 18.2 Å². The molecule has 1 aromatic rings. The summed E-state index contributed by atoms with van der Waals surface area (Å²) < 4.78 is 0.886. The Balaban J connectivity index is 1.49. The molecule has 2 amide bonds. The third kappa shape index (κ3) is 5.10. The van der Waals surface area contributed by atoms with Crippen LogP contribution in [0.25, 0.3) is 0 Å². The standard InChI is InChI=1S/C19H25ClIN3O2/c20-16-6-5-15(13-17(16)21)19(26)24-11-9-22(10-12-24)14-18(25)23-7-3-1-2-4-8-23/h5-6,13H,1-4,7-12,14H2. The van der Waals surface area contributed by atoms with Crippen molar-refractivity contribution < 1.29 is 9.59 Å². The quantitative estimate of drug-likeness (QED) is 0.613. The Morgan fingerprint density at radius 2 is 1.58 bits per heavy atom. The number of hydrogen-bond acceptors (Lipinski definition) is 3. The highest BCUT2D eigenvalue weighted by Crippen LogP contribution is 2.20. The Hall–Kier alpha value is -0.860. The summed E-state index contributed by atoms with van der Waals surface area (Å²) in [4.78, 5) is 31.2. The fraction of sp³-hybridized carbons (Fsp3) is 0.579. The van der Waals surface area contributed by atoms with E-state index in [0.717, 1.165) is 42.6 Å². The molecule has 0 bridgehead atoms. The number of halogens is 2. The molecule has 26 heavy (non-hydrogen) atoms. The van der Waals surface area contributed by atoms with Gasteiger partial charge in [-0.25, -0.2) is 0 Å². The van der Waals surface area contributed by atoms with Crippen molar-refractivity contribution in [2.75, 3.05) is 45.8 Å². The summed E-state index contributed by atoms with van der Waals surface area (Å²) in [5, 5.41) is 0.666. The van der Waals surface area contributed by atoms with Crippen LogP contribution >= 0.6 is 34.2 Å². The van der Waals surface area contributed by atoms with E-state index in [1.54, 1.807) is 12.1 Å². The molecular weight excluding hydrogens is 465 g/mol. The molecular formula is C19H25ClIN3O2. The van der Waals surface area contributed by atoms with Gasteiger partial charge in [0.2, 0.25) is 5.91 Å². The first kappa shape index (κ1) is 19.9. The summed E-state index contributed by atoms with van der Waals surface area (Å²) in [6.07, 6.45) is 4.70. The molecule has 5 nitrogen and oxygen atoms in total. The number of carbonyl (C=O) groups is 2. The molecule has 2 heterocycles. The van der Waals surface area contributed by atoms with Gasteiger partial charge >= 0.3 is 0 Å². The van der Waals surface area contributed by atoms with Gasteiger partial charge in [0.05, 0.1) is 11.6 Å². The van der Waals surface area contributed by atoms with Crippen molar-refractivity contribution in [3.8, 4) is 0 Å². The maximum atomic E-state index is 12.7. The van der Waals surface area contributed by atoms with Gasteiger partial charge in [-0.1, -0.05) is 24.4 Å². The fourth-order valence-corrected chi connectivity index (χ4v) is 4.17. The molecule has 0 atom stereocenters. The summed E-state index contributed by atoms with van der Waals surface area (Å²) in [5.41, 5.74) is 0.674. The van der Waals surface area contributed by atoms with E-state index < -0.39 is 0 Å². The van der Waals surface area contributed by atoms with Crippen molar-refractivity contribution in [3.63, 3.8) is 0 Å². The van der Waals surface area contributed by atoms with Gasteiger partial charge in [-0.15, -0.1) is 0 Å². The lowest BCUT2D eigenvalue weighted by atomic mass is 10.2. The van der Waals surface area contributed by atoms with E-state index in [0.29, 0.717) is 30.2 Å². The first-order valence-electron chi connectivity index (χ1n) is 9.29. The molecule has 0 aliphatic carbocycles. The van der Waals surface area contributed by atoms with Crippen LogP contribution in [0.3, 0.4) is 0 Å². The second-order valence-corrected chi connectivity index (χ2v) is 8.56. The van der Waals surface area contributed by atoms with E-state index in [-0.39, 0.29) is 11.8 Å². The minimum Gasteiger partial charge on any atom is -0.342 e. The van der Waals surface area contributed by atoms with Crippen molar-refractivity contribution in [1.82, 2.24) is 14.7 Å². The lowest BCUT2D eigenvalue weighted by molar-refractivity contribution is -0.132. The van der Waals surface area contributed by atoms with Gasteiger partial charge in [-0.05, 0) is 53.6 Å². The largest absolute Gasteiger partial charge is 0.342 e. The van der Waals surface area contributed by atoms with Crippen molar-refractivity contribution in [1.29, 1.82) is 0 Å².